The molecule has 3 atom stereocenters. The number of aromatic hydroxyl groups is 1. The molecule has 2 saturated heterocycles. The van der Waals surface area contributed by atoms with Crippen LogP contribution in [0.25, 0.3) is 32.9 Å². The van der Waals surface area contributed by atoms with Crippen molar-refractivity contribution in [3.8, 4) is 35.4 Å². The number of carbonyl (C=O) groups is 1. The van der Waals surface area contributed by atoms with Crippen LogP contribution in [-0.4, -0.2) is 79.9 Å². The van der Waals surface area contributed by atoms with E-state index in [-0.39, 0.29) is 76.4 Å². The summed E-state index contributed by atoms with van der Waals surface area (Å²) >= 11 is 0. The molecule has 2 N–H and O–H groups in total. The van der Waals surface area contributed by atoms with Gasteiger partial charge in [0.05, 0.1) is 23.0 Å². The maximum absolute atomic E-state index is 17.0. The Morgan fingerprint density at radius 2 is 2.06 bits per heavy atom. The molecule has 1 amide bonds. The molecule has 7 rings (SSSR count). The number of amides is 1. The van der Waals surface area contributed by atoms with Gasteiger partial charge >= 0.3 is 6.01 Å². The maximum atomic E-state index is 17.0. The van der Waals surface area contributed by atoms with Crippen LogP contribution in [0.4, 0.5) is 24.8 Å². The van der Waals surface area contributed by atoms with Crippen LogP contribution < -0.4 is 19.9 Å². The molecule has 14 heteroatoms. The smallest absolute Gasteiger partial charge is 0.319 e. The second-order valence-corrected chi connectivity index (χ2v) is 13.3. The molecule has 266 valence electrons. The number of pyridine rings is 1. The number of phenols is 1. The highest BCUT2D eigenvalue weighted by molar-refractivity contribution is 6.03. The van der Waals surface area contributed by atoms with E-state index in [1.54, 1.807) is 17.2 Å². The normalized spacial score (nSPS) is 20.4. The molecule has 3 aromatic heterocycles. The molecule has 5 heterocycles. The van der Waals surface area contributed by atoms with Crippen molar-refractivity contribution in [1.82, 2.24) is 30.2 Å². The minimum Gasteiger partial charge on any atom is -0.508 e. The van der Waals surface area contributed by atoms with Crippen LogP contribution in [0.3, 0.4) is 0 Å². The van der Waals surface area contributed by atoms with Gasteiger partial charge in [0.2, 0.25) is 5.91 Å². The summed E-state index contributed by atoms with van der Waals surface area (Å²) in [5.74, 6) is 1.11. The third-order valence-corrected chi connectivity index (χ3v) is 9.65. The molecule has 5 aromatic rings. The van der Waals surface area contributed by atoms with Crippen molar-refractivity contribution in [2.75, 3.05) is 36.0 Å². The lowest BCUT2D eigenvalue weighted by Gasteiger charge is -2.35. The standard InChI is InChI=1S/C38H35F3N8O3/c1-4-26-29(40)10-9-22-14-25(50)15-27(32(22)26)34-33(41)35-28(17-43-34)36(48-13-7-6-8-24(19-48)45-31(51)5-2)47-37(46-35)52-20-38(3)16-23(39)18-49(38)30-11-12-42-21-44-30/h1,5,9-12,14-15,17,21,23-24,50H,2,6-8,13,16,18-20H2,3H3,(H,45,51)/t23-,24?,38+/m1/s1. The Balaban J connectivity index is 1.36. The molecule has 0 saturated carbocycles. The van der Waals surface area contributed by atoms with Crippen molar-refractivity contribution in [3.63, 3.8) is 0 Å². The summed E-state index contributed by atoms with van der Waals surface area (Å²) in [6, 6.07) is 6.57. The molecule has 52 heavy (non-hydrogen) atoms. The number of rotatable bonds is 8. The molecule has 0 aliphatic carbocycles. The van der Waals surface area contributed by atoms with Gasteiger partial charge in [0.1, 0.15) is 53.5 Å². The summed E-state index contributed by atoms with van der Waals surface area (Å²) in [7, 11) is 0. The number of nitrogens with zero attached hydrogens (tertiary/aromatic N) is 7. The SMILES string of the molecule is C#Cc1c(F)ccc2cc(O)cc(-c3ncc4c(N5CCCCC(NC(=O)C=C)C5)nc(OC[C@]5(C)C[C@@H](F)CN5c5ccncn5)nc4c3F)c12. The van der Waals surface area contributed by atoms with E-state index >= 15 is 4.39 Å². The van der Waals surface area contributed by atoms with E-state index < -0.39 is 23.3 Å². The van der Waals surface area contributed by atoms with Crippen molar-refractivity contribution in [3.05, 3.63) is 78.9 Å². The van der Waals surface area contributed by atoms with Gasteiger partial charge < -0.3 is 25.0 Å². The molecule has 1 unspecified atom stereocenters. The number of ether oxygens (including phenoxy) is 1. The quantitative estimate of drug-likeness (QED) is 0.154. The van der Waals surface area contributed by atoms with Gasteiger partial charge in [-0.3, -0.25) is 9.78 Å². The summed E-state index contributed by atoms with van der Waals surface area (Å²) in [5, 5.41) is 14.4. The van der Waals surface area contributed by atoms with Crippen molar-refractivity contribution in [2.24, 2.45) is 0 Å². The van der Waals surface area contributed by atoms with Gasteiger partial charge in [-0.1, -0.05) is 18.6 Å². The molecule has 2 aromatic carbocycles. The molecular weight excluding hydrogens is 673 g/mol. The number of hydrogen-bond acceptors (Lipinski definition) is 10. The minimum absolute atomic E-state index is 0.0675. The first kappa shape index (κ1) is 34.5. The predicted molar refractivity (Wildman–Crippen MR) is 191 cm³/mol. The molecule has 0 radical (unpaired) electrons. The van der Waals surface area contributed by atoms with E-state index in [1.165, 1.54) is 42.9 Å². The van der Waals surface area contributed by atoms with E-state index in [4.69, 9.17) is 16.1 Å². The van der Waals surface area contributed by atoms with Crippen molar-refractivity contribution in [2.45, 2.75) is 50.4 Å². The fraction of sp³-hybridized carbons (Fsp3) is 0.316. The summed E-state index contributed by atoms with van der Waals surface area (Å²) in [5.41, 5.74) is -1.28. The Morgan fingerprint density at radius 3 is 2.83 bits per heavy atom. The largest absolute Gasteiger partial charge is 0.508 e. The minimum atomic E-state index is -1.16. The van der Waals surface area contributed by atoms with Gasteiger partial charge in [-0.25, -0.2) is 23.1 Å². The highest BCUT2D eigenvalue weighted by atomic mass is 19.1. The molecule has 2 fully saturated rings. The molecule has 2 aliphatic heterocycles. The lowest BCUT2D eigenvalue weighted by Crippen LogP contribution is -2.46. The number of terminal acetylenes is 1. The number of benzene rings is 2. The van der Waals surface area contributed by atoms with Crippen molar-refractivity contribution < 1.29 is 27.8 Å². The Labute approximate surface area is 297 Å². The monoisotopic (exact) mass is 708 g/mol. The van der Waals surface area contributed by atoms with Gasteiger partial charge in [-0.05, 0) is 61.9 Å². The Hall–Kier alpha value is -5.97. The second kappa shape index (κ2) is 14.0. The Morgan fingerprint density at radius 1 is 1.21 bits per heavy atom. The van der Waals surface area contributed by atoms with E-state index in [2.05, 4.69) is 37.8 Å². The third-order valence-electron chi connectivity index (χ3n) is 9.65. The zero-order chi connectivity index (χ0) is 36.6. The average molecular weight is 709 g/mol. The summed E-state index contributed by atoms with van der Waals surface area (Å²) in [6.07, 6.45) is 12.5. The van der Waals surface area contributed by atoms with Gasteiger partial charge in [0.15, 0.2) is 5.82 Å². The van der Waals surface area contributed by atoms with E-state index in [0.717, 1.165) is 12.8 Å². The van der Waals surface area contributed by atoms with Gasteiger partial charge in [0.25, 0.3) is 0 Å². The van der Waals surface area contributed by atoms with Crippen LogP contribution in [0.1, 0.15) is 38.2 Å². The fourth-order valence-electron chi connectivity index (χ4n) is 7.22. The third kappa shape index (κ3) is 6.50. The van der Waals surface area contributed by atoms with Crippen LogP contribution in [-0.2, 0) is 4.79 Å². The first-order valence-electron chi connectivity index (χ1n) is 16.9. The highest BCUT2D eigenvalue weighted by Crippen LogP contribution is 2.40. The first-order chi connectivity index (χ1) is 25.1. The number of nitrogens with one attached hydrogen (secondary N) is 1. The number of carbonyl (C=O) groups excluding carboxylic acids is 1. The van der Waals surface area contributed by atoms with Crippen LogP contribution >= 0.6 is 0 Å². The summed E-state index contributed by atoms with van der Waals surface area (Å²) in [6.45, 7) is 6.30. The van der Waals surface area contributed by atoms with Crippen LogP contribution in [0.2, 0.25) is 0 Å². The van der Waals surface area contributed by atoms with Crippen LogP contribution in [0.15, 0.2) is 61.7 Å². The summed E-state index contributed by atoms with van der Waals surface area (Å²) < 4.78 is 53.1. The van der Waals surface area contributed by atoms with Crippen molar-refractivity contribution in [1.29, 1.82) is 0 Å². The van der Waals surface area contributed by atoms with E-state index in [0.29, 0.717) is 36.5 Å². The average Bonchev–Trinajstić information content (AvgIpc) is 3.27. The lowest BCUT2D eigenvalue weighted by atomic mass is 9.96. The van der Waals surface area contributed by atoms with Gasteiger partial charge in [-0.15, -0.1) is 6.42 Å². The summed E-state index contributed by atoms with van der Waals surface area (Å²) in [4.78, 5) is 38.0. The van der Waals surface area contributed by atoms with E-state index in [9.17, 15) is 18.7 Å². The Bertz CT molecular complexity index is 2230. The number of alkyl halides is 1. The first-order valence-corrected chi connectivity index (χ1v) is 16.9. The van der Waals surface area contributed by atoms with E-state index in [1.807, 2.05) is 11.8 Å². The Kier molecular flexibility index (Phi) is 9.27. The number of anilines is 2. The molecule has 0 bridgehead atoms. The second-order valence-electron chi connectivity index (χ2n) is 13.3. The molecular formula is C38H35F3N8O3. The number of aromatic nitrogens is 5. The number of halogens is 3. The highest BCUT2D eigenvalue weighted by Gasteiger charge is 2.44. The maximum Gasteiger partial charge on any atom is 0.319 e. The van der Waals surface area contributed by atoms with Crippen LogP contribution in [0, 0.1) is 24.0 Å². The van der Waals surface area contributed by atoms with Crippen molar-refractivity contribution >= 4 is 39.2 Å². The zero-order valence-electron chi connectivity index (χ0n) is 28.3. The molecule has 0 spiro atoms. The van der Waals surface area contributed by atoms with Gasteiger partial charge in [-0.2, -0.15) is 9.97 Å². The topological polar surface area (TPSA) is 129 Å². The number of fused-ring (bicyclic) bond motifs is 2. The number of hydrogen-bond donors (Lipinski definition) is 2. The number of phenolic OH excluding ortho intramolecular Hbond substituents is 1. The molecule has 2 aliphatic rings. The van der Waals surface area contributed by atoms with Gasteiger partial charge in [0, 0.05) is 48.9 Å². The lowest BCUT2D eigenvalue weighted by molar-refractivity contribution is -0.117. The molecule has 11 nitrogen and oxygen atoms in total. The predicted octanol–water partition coefficient (Wildman–Crippen LogP) is 5.65. The zero-order valence-corrected chi connectivity index (χ0v) is 28.3. The fourth-order valence-corrected chi connectivity index (χ4v) is 7.22. The van der Waals surface area contributed by atoms with Crippen LogP contribution in [0.5, 0.6) is 11.8 Å².